The summed E-state index contributed by atoms with van der Waals surface area (Å²) in [4.78, 5) is 27.9. The predicted molar refractivity (Wildman–Crippen MR) is 153 cm³/mol. The number of fused-ring (bicyclic) bond motifs is 3. The molecule has 0 radical (unpaired) electrons. The van der Waals surface area contributed by atoms with Crippen molar-refractivity contribution in [3.05, 3.63) is 93.9 Å². The minimum absolute atomic E-state index is 0.241. The lowest BCUT2D eigenvalue weighted by Crippen LogP contribution is -2.27. The average Bonchev–Trinajstić information content (AvgIpc) is 3.71. The van der Waals surface area contributed by atoms with Crippen LogP contribution in [-0.4, -0.2) is 4.57 Å². The number of hydrogen-bond acceptors (Lipinski definition) is 4. The Labute approximate surface area is 214 Å². The number of furan rings is 2. The number of hydrogen-bond donors (Lipinski definition) is 0. The van der Waals surface area contributed by atoms with Crippen LogP contribution in [0.25, 0.3) is 87.3 Å². The first-order valence-electron chi connectivity index (χ1n) is 12.8. The Balaban J connectivity index is 1.70. The Morgan fingerprint density at radius 2 is 1.05 bits per heavy atom. The maximum atomic E-state index is 14.0. The number of benzene rings is 5. The van der Waals surface area contributed by atoms with E-state index < -0.39 is 0 Å². The Morgan fingerprint density at radius 3 is 1.47 bits per heavy atom. The van der Waals surface area contributed by atoms with Crippen LogP contribution in [0.2, 0.25) is 0 Å². The number of rotatable bonds is 3. The third-order valence-electron chi connectivity index (χ3n) is 8.38. The summed E-state index contributed by atoms with van der Waals surface area (Å²) in [6.07, 6.45) is 3.33. The summed E-state index contributed by atoms with van der Waals surface area (Å²) in [5.74, 6) is 1.47. The quantitative estimate of drug-likeness (QED) is 0.234. The highest BCUT2D eigenvalue weighted by Crippen LogP contribution is 2.53. The molecule has 38 heavy (non-hydrogen) atoms. The smallest absolute Gasteiger partial charge is 0.262 e. The maximum absolute atomic E-state index is 14.0. The Hall–Kier alpha value is -4.90. The molecule has 0 unspecified atom stereocenters. The summed E-state index contributed by atoms with van der Waals surface area (Å²) in [5.41, 5.74) is 1.35. The van der Waals surface area contributed by atoms with E-state index in [1.807, 2.05) is 50.2 Å². The monoisotopic (exact) mass is 493 g/mol. The fourth-order valence-electron chi connectivity index (χ4n) is 6.94. The Kier molecular flexibility index (Phi) is 3.45. The van der Waals surface area contributed by atoms with Crippen molar-refractivity contribution in [3.8, 4) is 22.6 Å². The lowest BCUT2D eigenvalue weighted by Gasteiger charge is -2.11. The van der Waals surface area contributed by atoms with E-state index in [2.05, 4.69) is 24.3 Å². The molecular formula is C33H19NO4. The highest BCUT2D eigenvalue weighted by molar-refractivity contribution is 6.49. The summed E-state index contributed by atoms with van der Waals surface area (Å²) in [6, 6.07) is 20.1. The zero-order valence-electron chi connectivity index (χ0n) is 20.6. The van der Waals surface area contributed by atoms with Crippen molar-refractivity contribution in [2.24, 2.45) is 0 Å². The lowest BCUT2D eigenvalue weighted by atomic mass is 9.91. The fraction of sp³-hybridized carbons (Fsp3) is 0.0909. The van der Waals surface area contributed by atoms with Gasteiger partial charge in [0.15, 0.2) is 0 Å². The van der Waals surface area contributed by atoms with Gasteiger partial charge in [-0.2, -0.15) is 0 Å². The van der Waals surface area contributed by atoms with Crippen molar-refractivity contribution in [3.63, 3.8) is 0 Å². The molecular weight excluding hydrogens is 474 g/mol. The topological polar surface area (TPSA) is 65.3 Å². The molecule has 0 bridgehead atoms. The third kappa shape index (κ3) is 2.13. The molecule has 3 aromatic heterocycles. The molecule has 5 nitrogen and oxygen atoms in total. The molecule has 9 rings (SSSR count). The van der Waals surface area contributed by atoms with Crippen LogP contribution >= 0.6 is 0 Å². The van der Waals surface area contributed by atoms with Crippen molar-refractivity contribution in [2.75, 3.05) is 0 Å². The van der Waals surface area contributed by atoms with Crippen molar-refractivity contribution < 1.29 is 8.83 Å². The largest absolute Gasteiger partial charge is 0.464 e. The molecule has 5 heteroatoms. The summed E-state index contributed by atoms with van der Waals surface area (Å²) >= 11 is 0. The third-order valence-corrected chi connectivity index (χ3v) is 8.38. The molecule has 0 aliphatic carbocycles. The zero-order chi connectivity index (χ0) is 25.4. The van der Waals surface area contributed by atoms with Gasteiger partial charge in [-0.25, -0.2) is 0 Å². The van der Waals surface area contributed by atoms with E-state index in [-0.39, 0.29) is 17.2 Å². The highest BCUT2D eigenvalue weighted by atomic mass is 16.3. The van der Waals surface area contributed by atoms with Crippen LogP contribution in [0.3, 0.4) is 0 Å². The molecule has 0 aliphatic rings. The minimum Gasteiger partial charge on any atom is -0.464 e. The average molecular weight is 494 g/mol. The molecule has 180 valence electrons. The SMILES string of the molecule is CC(C)n1c(=O)c2c3cc(-c4ccco4)c4ccc5ccc6c(-c7ccco7)cc(c2c1=O)c1c6c5c4c31. The van der Waals surface area contributed by atoms with Gasteiger partial charge >= 0.3 is 0 Å². The standard InChI is InChI=1S/C33H19NO4/c1-15(2)34-32(35)30-21-13-19(23-5-3-11-37-23)17-9-7-16-8-10-18-20(24-6-4-12-38-24)14-22(31(30)33(34)36)29-27(18)25(16)26(17)28(21)29/h3-15H,1-2H3. The Bertz CT molecular complexity index is 2280. The summed E-state index contributed by atoms with van der Waals surface area (Å²) in [5, 5.41) is 11.3. The molecule has 0 aliphatic heterocycles. The molecule has 0 saturated heterocycles. The van der Waals surface area contributed by atoms with Gasteiger partial charge in [0.05, 0.1) is 23.3 Å². The summed E-state index contributed by atoms with van der Waals surface area (Å²) in [6.45, 7) is 3.76. The van der Waals surface area contributed by atoms with E-state index >= 15 is 0 Å². The molecule has 0 amide bonds. The van der Waals surface area contributed by atoms with Crippen LogP contribution < -0.4 is 11.1 Å². The van der Waals surface area contributed by atoms with E-state index in [1.54, 1.807) is 12.5 Å². The van der Waals surface area contributed by atoms with Gasteiger partial charge in [0.2, 0.25) is 0 Å². The van der Waals surface area contributed by atoms with E-state index in [1.165, 1.54) is 4.57 Å². The first-order valence-corrected chi connectivity index (χ1v) is 12.8. The molecule has 3 heterocycles. The molecule has 0 spiro atoms. The van der Waals surface area contributed by atoms with Gasteiger partial charge in [-0.1, -0.05) is 24.3 Å². The van der Waals surface area contributed by atoms with Crippen molar-refractivity contribution in [1.82, 2.24) is 4.57 Å². The summed E-state index contributed by atoms with van der Waals surface area (Å²) in [7, 11) is 0. The second-order valence-corrected chi connectivity index (χ2v) is 10.5. The molecule has 0 atom stereocenters. The van der Waals surface area contributed by atoms with Gasteiger partial charge in [0.25, 0.3) is 11.1 Å². The van der Waals surface area contributed by atoms with Gasteiger partial charge in [-0.15, -0.1) is 0 Å². The van der Waals surface area contributed by atoms with E-state index in [9.17, 15) is 9.59 Å². The molecule has 0 fully saturated rings. The zero-order valence-corrected chi connectivity index (χ0v) is 20.6. The fourth-order valence-corrected chi connectivity index (χ4v) is 6.94. The predicted octanol–water partition coefficient (Wildman–Crippen LogP) is 7.98. The van der Waals surface area contributed by atoms with E-state index in [4.69, 9.17) is 8.83 Å². The number of aromatic nitrogens is 1. The first-order chi connectivity index (χ1) is 18.5. The lowest BCUT2D eigenvalue weighted by molar-refractivity contribution is 0.574. The van der Waals surface area contributed by atoms with Gasteiger partial charge in [0, 0.05) is 17.2 Å². The second-order valence-electron chi connectivity index (χ2n) is 10.5. The minimum atomic E-state index is -0.257. The van der Waals surface area contributed by atoms with Crippen LogP contribution in [0, 0.1) is 0 Å². The van der Waals surface area contributed by atoms with Crippen LogP contribution in [0.4, 0.5) is 0 Å². The number of nitrogens with zero attached hydrogens (tertiary/aromatic N) is 1. The summed E-state index contributed by atoms with van der Waals surface area (Å²) < 4.78 is 13.1. The van der Waals surface area contributed by atoms with Crippen molar-refractivity contribution in [2.45, 2.75) is 19.9 Å². The normalized spacial score (nSPS) is 12.9. The van der Waals surface area contributed by atoms with Crippen LogP contribution in [-0.2, 0) is 0 Å². The molecule has 6 aromatic carbocycles. The van der Waals surface area contributed by atoms with E-state index in [0.29, 0.717) is 10.8 Å². The molecule has 0 N–H and O–H groups in total. The van der Waals surface area contributed by atoms with Crippen LogP contribution in [0.5, 0.6) is 0 Å². The van der Waals surface area contributed by atoms with Gasteiger partial charge in [-0.3, -0.25) is 14.2 Å². The Morgan fingerprint density at radius 1 is 0.579 bits per heavy atom. The molecule has 9 aromatic rings. The first kappa shape index (κ1) is 20.2. The van der Waals surface area contributed by atoms with Gasteiger partial charge in [-0.05, 0) is 104 Å². The molecule has 0 saturated carbocycles. The van der Waals surface area contributed by atoms with Gasteiger partial charge < -0.3 is 8.83 Å². The van der Waals surface area contributed by atoms with Gasteiger partial charge in [0.1, 0.15) is 11.5 Å². The van der Waals surface area contributed by atoms with Crippen LogP contribution in [0.15, 0.2) is 91.6 Å². The highest BCUT2D eigenvalue weighted by Gasteiger charge is 2.30. The van der Waals surface area contributed by atoms with Crippen LogP contribution in [0.1, 0.15) is 19.9 Å². The van der Waals surface area contributed by atoms with E-state index in [0.717, 1.165) is 76.5 Å². The van der Waals surface area contributed by atoms with Crippen molar-refractivity contribution >= 4 is 64.6 Å². The van der Waals surface area contributed by atoms with Crippen molar-refractivity contribution in [1.29, 1.82) is 0 Å². The second kappa shape index (κ2) is 6.50. The maximum Gasteiger partial charge on any atom is 0.262 e.